The van der Waals surface area contributed by atoms with Crippen LogP contribution in [0.5, 0.6) is 0 Å². The van der Waals surface area contributed by atoms with Crippen LogP contribution in [0.1, 0.15) is 78.1 Å². The number of sulfonamides is 1. The first-order valence-electron chi connectivity index (χ1n) is 13.9. The van der Waals surface area contributed by atoms with Crippen LogP contribution in [-0.4, -0.2) is 74.1 Å². The van der Waals surface area contributed by atoms with Crippen molar-refractivity contribution in [3.63, 3.8) is 0 Å². The highest BCUT2D eigenvalue weighted by Crippen LogP contribution is 2.59. The third-order valence-corrected chi connectivity index (χ3v) is 11.7. The van der Waals surface area contributed by atoms with Crippen LogP contribution in [0.2, 0.25) is 0 Å². The fourth-order valence-electron chi connectivity index (χ4n) is 8.28. The molecule has 0 amide bonds. The maximum Gasteiger partial charge on any atom is 0.211 e. The molecule has 34 heavy (non-hydrogen) atoms. The van der Waals surface area contributed by atoms with Crippen molar-refractivity contribution >= 4 is 15.8 Å². The van der Waals surface area contributed by atoms with Gasteiger partial charge in [-0.05, 0) is 86.4 Å². The van der Waals surface area contributed by atoms with Crippen molar-refractivity contribution in [3.8, 4) is 0 Å². The van der Waals surface area contributed by atoms with Crippen LogP contribution in [0, 0.1) is 40.9 Å². The van der Waals surface area contributed by atoms with E-state index in [2.05, 4.69) is 18.7 Å². The molecule has 196 valence electrons. The van der Waals surface area contributed by atoms with Gasteiger partial charge in [0.15, 0.2) is 0 Å². The second-order valence-electron chi connectivity index (χ2n) is 12.4. The van der Waals surface area contributed by atoms with Crippen LogP contribution < -0.4 is 0 Å². The van der Waals surface area contributed by atoms with Gasteiger partial charge in [-0.2, -0.15) is 4.31 Å². The predicted octanol–water partition coefficient (Wildman–Crippen LogP) is 3.79. The van der Waals surface area contributed by atoms with Gasteiger partial charge in [-0.25, -0.2) is 8.42 Å². The summed E-state index contributed by atoms with van der Waals surface area (Å²) in [6.45, 7) is 7.86. The maximum atomic E-state index is 13.3. The Labute approximate surface area is 207 Å². The molecular weight excluding hydrogens is 448 g/mol. The van der Waals surface area contributed by atoms with Crippen molar-refractivity contribution in [1.29, 1.82) is 0 Å². The molecule has 1 unspecified atom stereocenters. The topological polar surface area (TPSA) is 77.9 Å². The summed E-state index contributed by atoms with van der Waals surface area (Å²) in [5.74, 6) is 3.86. The largest absolute Gasteiger partial charge is 0.396 e. The van der Waals surface area contributed by atoms with Crippen molar-refractivity contribution in [2.45, 2.75) is 78.1 Å². The molecule has 0 aromatic heterocycles. The van der Waals surface area contributed by atoms with Gasteiger partial charge in [0.05, 0.1) is 12.8 Å². The second-order valence-corrected chi connectivity index (χ2v) is 14.4. The molecule has 4 rings (SSSR count). The van der Waals surface area contributed by atoms with Crippen LogP contribution in [0.15, 0.2) is 0 Å². The minimum absolute atomic E-state index is 0.118. The smallest absolute Gasteiger partial charge is 0.211 e. The number of aliphatic hydroxyl groups is 1. The van der Waals surface area contributed by atoms with E-state index >= 15 is 0 Å². The van der Waals surface area contributed by atoms with Gasteiger partial charge in [0, 0.05) is 38.7 Å². The Morgan fingerprint density at radius 2 is 1.71 bits per heavy atom. The highest BCUT2D eigenvalue weighted by molar-refractivity contribution is 7.88. The van der Waals surface area contributed by atoms with Gasteiger partial charge in [0.25, 0.3) is 0 Å². The van der Waals surface area contributed by atoms with Gasteiger partial charge in [-0.15, -0.1) is 0 Å². The van der Waals surface area contributed by atoms with Gasteiger partial charge in [-0.1, -0.05) is 26.7 Å². The third-order valence-electron chi connectivity index (χ3n) is 10.4. The molecule has 3 aliphatic carbocycles. The zero-order valence-electron chi connectivity index (χ0n) is 21.8. The number of hydrogen-bond donors (Lipinski definition) is 1. The summed E-state index contributed by atoms with van der Waals surface area (Å²) in [6, 6.07) is 0. The Balaban J connectivity index is 1.38. The van der Waals surface area contributed by atoms with E-state index in [1.807, 2.05) is 0 Å². The van der Waals surface area contributed by atoms with Crippen LogP contribution in [0.3, 0.4) is 0 Å². The Hall–Kier alpha value is -0.500. The molecule has 4 aliphatic rings. The van der Waals surface area contributed by atoms with E-state index in [0.29, 0.717) is 68.8 Å². The SMILES string of the molecule is C[C@H]1CC[C@]2(CO)C3CCC[C@@H](C(=O)CN4CCN(S(C)(=O)=O)CC4)CC[C@H](C)[C@@H]3CC[C@H]2C1. The summed E-state index contributed by atoms with van der Waals surface area (Å²) in [4.78, 5) is 15.5. The number of nitrogens with zero attached hydrogens (tertiary/aromatic N) is 2. The van der Waals surface area contributed by atoms with Crippen LogP contribution in [-0.2, 0) is 14.8 Å². The molecule has 4 fully saturated rings. The number of carbonyl (C=O) groups is 1. The molecule has 1 saturated heterocycles. The van der Waals surface area contributed by atoms with Crippen molar-refractivity contribution < 1.29 is 18.3 Å². The summed E-state index contributed by atoms with van der Waals surface area (Å²) in [5, 5.41) is 10.7. The standard InChI is InChI=1S/C27H48N2O4S/c1-20-11-12-27(19-30)23(17-20)9-10-24-21(2)7-8-22(5-4-6-25(24)27)26(31)18-28-13-15-29(16-14-28)34(3,32)33/h20-25,30H,4-19H2,1-3H3/t20-,21-,22+,23-,24-,25?,27+/m0/s1. The van der Waals surface area contributed by atoms with E-state index in [1.165, 1.54) is 42.7 Å². The predicted molar refractivity (Wildman–Crippen MR) is 136 cm³/mol. The van der Waals surface area contributed by atoms with Crippen LogP contribution in [0.4, 0.5) is 0 Å². The molecule has 7 heteroatoms. The van der Waals surface area contributed by atoms with E-state index in [4.69, 9.17) is 0 Å². The summed E-state index contributed by atoms with van der Waals surface area (Å²) < 4.78 is 25.1. The Morgan fingerprint density at radius 3 is 2.38 bits per heavy atom. The molecule has 0 spiro atoms. The lowest BCUT2D eigenvalue weighted by atomic mass is 9.48. The molecule has 0 bridgehead atoms. The zero-order valence-corrected chi connectivity index (χ0v) is 22.6. The second kappa shape index (κ2) is 10.9. The molecule has 7 atom stereocenters. The number of carbonyl (C=O) groups excluding carboxylic acids is 1. The number of ketones is 1. The summed E-state index contributed by atoms with van der Waals surface area (Å²) >= 11 is 0. The van der Waals surface area contributed by atoms with Gasteiger partial charge in [-0.3, -0.25) is 9.69 Å². The van der Waals surface area contributed by atoms with Crippen LogP contribution in [0.25, 0.3) is 0 Å². The van der Waals surface area contributed by atoms with Crippen molar-refractivity contribution in [3.05, 3.63) is 0 Å². The first kappa shape index (κ1) is 26.6. The highest BCUT2D eigenvalue weighted by atomic mass is 32.2. The Bertz CT molecular complexity index is 809. The number of Topliss-reactive ketones (excluding diaryl/α,β-unsaturated/α-hetero) is 1. The average molecular weight is 497 g/mol. The van der Waals surface area contributed by atoms with E-state index in [1.54, 1.807) is 0 Å². The average Bonchev–Trinajstić information content (AvgIpc) is 2.88. The quantitative estimate of drug-likeness (QED) is 0.627. The van der Waals surface area contributed by atoms with Gasteiger partial charge in [0.2, 0.25) is 10.0 Å². The molecule has 0 aromatic rings. The van der Waals surface area contributed by atoms with Crippen molar-refractivity contribution in [2.24, 2.45) is 40.9 Å². The molecule has 0 aromatic carbocycles. The maximum absolute atomic E-state index is 13.3. The summed E-state index contributed by atoms with van der Waals surface area (Å²) in [5.41, 5.74) is 0.118. The molecular formula is C27H48N2O4S. The minimum Gasteiger partial charge on any atom is -0.396 e. The highest BCUT2D eigenvalue weighted by Gasteiger charge is 2.53. The number of piperazine rings is 1. The van der Waals surface area contributed by atoms with Crippen molar-refractivity contribution in [1.82, 2.24) is 9.21 Å². The molecule has 3 saturated carbocycles. The van der Waals surface area contributed by atoms with Gasteiger partial charge >= 0.3 is 0 Å². The van der Waals surface area contributed by atoms with Gasteiger partial charge < -0.3 is 5.11 Å². The van der Waals surface area contributed by atoms with Gasteiger partial charge in [0.1, 0.15) is 5.78 Å². The lowest BCUT2D eigenvalue weighted by Crippen LogP contribution is -2.52. The van der Waals surface area contributed by atoms with E-state index in [9.17, 15) is 18.3 Å². The third kappa shape index (κ3) is 5.57. The zero-order chi connectivity index (χ0) is 24.5. The Kier molecular flexibility index (Phi) is 8.48. The summed E-state index contributed by atoms with van der Waals surface area (Å²) in [6.07, 6.45) is 12.9. The summed E-state index contributed by atoms with van der Waals surface area (Å²) in [7, 11) is -3.14. The number of fused-ring (bicyclic) bond motifs is 3. The lowest BCUT2D eigenvalue weighted by molar-refractivity contribution is -0.124. The minimum atomic E-state index is -3.14. The fourth-order valence-corrected chi connectivity index (χ4v) is 9.10. The first-order valence-corrected chi connectivity index (χ1v) is 15.8. The lowest BCUT2D eigenvalue weighted by Gasteiger charge is -2.57. The number of aliphatic hydroxyl groups excluding tert-OH is 1. The molecule has 1 aliphatic heterocycles. The van der Waals surface area contributed by atoms with E-state index in [-0.39, 0.29) is 11.3 Å². The Morgan fingerprint density at radius 1 is 0.971 bits per heavy atom. The monoisotopic (exact) mass is 496 g/mol. The fraction of sp³-hybridized carbons (Fsp3) is 0.963. The van der Waals surface area contributed by atoms with Crippen molar-refractivity contribution in [2.75, 3.05) is 45.6 Å². The van der Waals surface area contributed by atoms with E-state index < -0.39 is 10.0 Å². The molecule has 0 radical (unpaired) electrons. The molecule has 6 nitrogen and oxygen atoms in total. The van der Waals surface area contributed by atoms with Crippen LogP contribution >= 0.6 is 0 Å². The molecule has 1 heterocycles. The first-order chi connectivity index (χ1) is 16.1. The van der Waals surface area contributed by atoms with E-state index in [0.717, 1.165) is 38.0 Å². The normalized spacial score (nSPS) is 40.9. The number of hydrogen-bond acceptors (Lipinski definition) is 5. The number of rotatable bonds is 5. The molecule has 1 N–H and O–H groups in total.